The highest BCUT2D eigenvalue weighted by atomic mass is 35.5. The van der Waals surface area contributed by atoms with Crippen molar-refractivity contribution in [1.29, 1.82) is 0 Å². The minimum Gasteiger partial charge on any atom is -0.497 e. The highest BCUT2D eigenvalue weighted by Crippen LogP contribution is 2.25. The van der Waals surface area contributed by atoms with Gasteiger partial charge in [0.05, 0.1) is 37.7 Å². The number of nitrogens with zero attached hydrogens (tertiary/aromatic N) is 6. The summed E-state index contributed by atoms with van der Waals surface area (Å²) in [6.45, 7) is 7.09. The van der Waals surface area contributed by atoms with Gasteiger partial charge in [0.1, 0.15) is 16.8 Å². The molecule has 0 amide bonds. The van der Waals surface area contributed by atoms with Crippen LogP contribution in [-0.2, 0) is 6.54 Å². The molecule has 0 bridgehead atoms. The number of aromatic nitrogens is 6. The van der Waals surface area contributed by atoms with E-state index >= 15 is 0 Å². The molecule has 0 radical (unpaired) electrons. The van der Waals surface area contributed by atoms with Gasteiger partial charge in [-0.3, -0.25) is 9.36 Å². The Morgan fingerprint density at radius 3 is 2.52 bits per heavy atom. The summed E-state index contributed by atoms with van der Waals surface area (Å²) in [5.41, 5.74) is 3.24. The molecule has 0 aliphatic heterocycles. The third kappa shape index (κ3) is 3.96. The second-order valence-corrected chi connectivity index (χ2v) is 7.80. The third-order valence-corrected chi connectivity index (χ3v) is 5.38. The Balaban J connectivity index is 1.63. The predicted molar refractivity (Wildman–Crippen MR) is 113 cm³/mol. The van der Waals surface area contributed by atoms with Crippen LogP contribution in [0.25, 0.3) is 22.4 Å². The number of hydrogen-bond donors (Lipinski definition) is 0. The lowest BCUT2D eigenvalue weighted by atomic mass is 10.1. The van der Waals surface area contributed by atoms with Crippen LogP contribution in [0.2, 0.25) is 5.15 Å². The number of halogens is 1. The summed E-state index contributed by atoms with van der Waals surface area (Å²) >= 11 is 6.42. The summed E-state index contributed by atoms with van der Waals surface area (Å²) in [7, 11) is 1.65. The van der Waals surface area contributed by atoms with Crippen LogP contribution in [0, 0.1) is 5.92 Å². The molecule has 3 heterocycles. The maximum Gasteiger partial charge on any atom is 0.164 e. The van der Waals surface area contributed by atoms with Crippen LogP contribution < -0.4 is 4.74 Å². The van der Waals surface area contributed by atoms with Gasteiger partial charge in [0.2, 0.25) is 0 Å². The van der Waals surface area contributed by atoms with Gasteiger partial charge in [-0.25, -0.2) is 9.97 Å². The van der Waals surface area contributed by atoms with Gasteiger partial charge in [-0.2, -0.15) is 10.2 Å². The molecule has 150 valence electrons. The Kier molecular flexibility index (Phi) is 5.24. The molecule has 7 nitrogen and oxygen atoms in total. The van der Waals surface area contributed by atoms with Crippen LogP contribution in [0.3, 0.4) is 0 Å². The average molecular weight is 411 g/mol. The molecule has 0 saturated carbocycles. The van der Waals surface area contributed by atoms with Crippen LogP contribution >= 0.6 is 11.6 Å². The van der Waals surface area contributed by atoms with Gasteiger partial charge >= 0.3 is 0 Å². The minimum atomic E-state index is 0.287. The van der Waals surface area contributed by atoms with Gasteiger partial charge < -0.3 is 4.74 Å². The van der Waals surface area contributed by atoms with Crippen LogP contribution in [0.15, 0.2) is 42.9 Å². The molecular formula is C21H23ClN6O. The molecule has 0 saturated heterocycles. The first-order chi connectivity index (χ1) is 13.9. The standard InChI is InChI=1S/C21H23ClN6O/c1-13(2)14(3)28-11-16(9-23-28)21-24-18-12-27(26-19(18)20(22)25-21)10-15-5-7-17(29-4)8-6-15/h5-9,11-14H,10H2,1-4H3. The topological polar surface area (TPSA) is 70.7 Å². The van der Waals surface area contributed by atoms with Crippen LogP contribution in [-0.4, -0.2) is 36.6 Å². The number of rotatable bonds is 6. The Morgan fingerprint density at radius 1 is 1.07 bits per heavy atom. The summed E-state index contributed by atoms with van der Waals surface area (Å²) in [5.74, 6) is 1.85. The number of methoxy groups -OCH3 is 1. The fourth-order valence-electron chi connectivity index (χ4n) is 3.03. The van der Waals surface area contributed by atoms with E-state index in [9.17, 15) is 0 Å². The smallest absolute Gasteiger partial charge is 0.164 e. The molecule has 0 aliphatic carbocycles. The second-order valence-electron chi connectivity index (χ2n) is 7.44. The van der Waals surface area contributed by atoms with Crippen molar-refractivity contribution in [3.05, 3.63) is 53.6 Å². The van der Waals surface area contributed by atoms with Gasteiger partial charge in [0.15, 0.2) is 11.0 Å². The van der Waals surface area contributed by atoms with E-state index in [1.807, 2.05) is 46.0 Å². The largest absolute Gasteiger partial charge is 0.497 e. The van der Waals surface area contributed by atoms with Crippen molar-refractivity contribution in [1.82, 2.24) is 29.5 Å². The van der Waals surface area contributed by atoms with E-state index in [0.717, 1.165) is 16.9 Å². The zero-order chi connectivity index (χ0) is 20.5. The van der Waals surface area contributed by atoms with Crippen LogP contribution in [0.5, 0.6) is 5.75 Å². The van der Waals surface area contributed by atoms with Gasteiger partial charge in [0, 0.05) is 6.20 Å². The van der Waals surface area contributed by atoms with Crippen molar-refractivity contribution < 1.29 is 4.74 Å². The molecule has 0 spiro atoms. The molecule has 29 heavy (non-hydrogen) atoms. The first-order valence-electron chi connectivity index (χ1n) is 9.52. The van der Waals surface area contributed by atoms with Crippen molar-refractivity contribution in [2.24, 2.45) is 5.92 Å². The molecule has 0 aliphatic rings. The highest BCUT2D eigenvalue weighted by Gasteiger charge is 2.16. The summed E-state index contributed by atoms with van der Waals surface area (Å²) in [6, 6.07) is 8.16. The molecule has 4 aromatic rings. The Hall–Kier alpha value is -2.93. The summed E-state index contributed by atoms with van der Waals surface area (Å²) in [5, 5.41) is 9.35. The van der Waals surface area contributed by atoms with Gasteiger partial charge in [-0.15, -0.1) is 0 Å². The number of hydrogen-bond acceptors (Lipinski definition) is 5. The zero-order valence-electron chi connectivity index (χ0n) is 16.9. The second kappa shape index (κ2) is 7.83. The highest BCUT2D eigenvalue weighted by molar-refractivity contribution is 6.33. The summed E-state index contributed by atoms with van der Waals surface area (Å²) < 4.78 is 8.96. The van der Waals surface area contributed by atoms with Crippen molar-refractivity contribution in [3.8, 4) is 17.1 Å². The Morgan fingerprint density at radius 2 is 1.83 bits per heavy atom. The van der Waals surface area contributed by atoms with Crippen molar-refractivity contribution >= 4 is 22.6 Å². The lowest BCUT2D eigenvalue weighted by Crippen LogP contribution is -2.11. The Labute approximate surface area is 174 Å². The normalized spacial score (nSPS) is 12.6. The molecular weight excluding hydrogens is 388 g/mol. The van der Waals surface area contributed by atoms with E-state index in [1.54, 1.807) is 13.3 Å². The molecule has 8 heteroatoms. The van der Waals surface area contributed by atoms with E-state index in [1.165, 1.54) is 0 Å². The lowest BCUT2D eigenvalue weighted by molar-refractivity contribution is 0.375. The monoisotopic (exact) mass is 410 g/mol. The fourth-order valence-corrected chi connectivity index (χ4v) is 3.25. The van der Waals surface area contributed by atoms with E-state index < -0.39 is 0 Å². The maximum absolute atomic E-state index is 6.42. The predicted octanol–water partition coefficient (Wildman–Crippen LogP) is 4.62. The molecule has 4 rings (SSSR count). The van der Waals surface area contributed by atoms with Crippen molar-refractivity contribution in [2.45, 2.75) is 33.4 Å². The van der Waals surface area contributed by atoms with Crippen molar-refractivity contribution in [2.75, 3.05) is 7.11 Å². The maximum atomic E-state index is 6.42. The third-order valence-electron chi connectivity index (χ3n) is 5.11. The number of ether oxygens (including phenoxy) is 1. The number of fused-ring (bicyclic) bond motifs is 1. The quantitative estimate of drug-likeness (QED) is 0.434. The van der Waals surface area contributed by atoms with E-state index in [4.69, 9.17) is 16.3 Å². The molecule has 1 unspecified atom stereocenters. The van der Waals surface area contributed by atoms with E-state index in [0.29, 0.717) is 34.5 Å². The van der Waals surface area contributed by atoms with Gasteiger partial charge in [-0.05, 0) is 30.5 Å². The van der Waals surface area contributed by atoms with E-state index in [2.05, 4.69) is 40.9 Å². The van der Waals surface area contributed by atoms with Crippen molar-refractivity contribution in [3.63, 3.8) is 0 Å². The summed E-state index contributed by atoms with van der Waals surface area (Å²) in [6.07, 6.45) is 5.62. The molecule has 1 atom stereocenters. The minimum absolute atomic E-state index is 0.287. The molecule has 0 fully saturated rings. The fraction of sp³-hybridized carbons (Fsp3) is 0.333. The first-order valence-corrected chi connectivity index (χ1v) is 9.90. The lowest BCUT2D eigenvalue weighted by Gasteiger charge is -2.15. The van der Waals surface area contributed by atoms with Crippen LogP contribution in [0.1, 0.15) is 32.4 Å². The number of benzene rings is 1. The van der Waals surface area contributed by atoms with Gasteiger partial charge in [-0.1, -0.05) is 37.6 Å². The average Bonchev–Trinajstić information content (AvgIpc) is 3.35. The molecule has 0 N–H and O–H groups in total. The van der Waals surface area contributed by atoms with Gasteiger partial charge in [0.25, 0.3) is 0 Å². The SMILES string of the molecule is COc1ccc(Cn2cc3nc(-c4cnn(C(C)C(C)C)c4)nc(Cl)c3n2)cc1. The summed E-state index contributed by atoms with van der Waals surface area (Å²) in [4.78, 5) is 9.10. The molecule has 1 aromatic carbocycles. The Bertz CT molecular complexity index is 1130. The van der Waals surface area contributed by atoms with Crippen LogP contribution in [0.4, 0.5) is 0 Å². The van der Waals surface area contributed by atoms with E-state index in [-0.39, 0.29) is 6.04 Å². The molecule has 3 aromatic heterocycles. The first kappa shape index (κ1) is 19.4. The zero-order valence-corrected chi connectivity index (χ0v) is 17.6.